The molecule has 1 amide bonds. The van der Waals surface area contributed by atoms with Gasteiger partial charge >= 0.3 is 0 Å². The number of allylic oxidation sites excluding steroid dienone is 2. The number of rotatable bonds is 3. The van der Waals surface area contributed by atoms with Crippen molar-refractivity contribution in [2.75, 3.05) is 6.54 Å². The van der Waals surface area contributed by atoms with E-state index in [1.165, 1.54) is 18.5 Å². The molecule has 0 atom stereocenters. The summed E-state index contributed by atoms with van der Waals surface area (Å²) in [4.78, 5) is 13.1. The molecule has 0 N–H and O–H groups in total. The molecule has 1 aliphatic carbocycles. The summed E-state index contributed by atoms with van der Waals surface area (Å²) in [6.45, 7) is 5.91. The van der Waals surface area contributed by atoms with Crippen molar-refractivity contribution in [3.05, 3.63) is 24.4 Å². The van der Waals surface area contributed by atoms with Crippen LogP contribution in [0.5, 0.6) is 0 Å². The number of carbonyl (C=O) groups is 1. The normalized spacial score (nSPS) is 16.2. The SMILES string of the molecule is C=CCN(C(C)=O)C1=CCCCC1. The first-order valence-corrected chi connectivity index (χ1v) is 4.83. The van der Waals surface area contributed by atoms with Crippen LogP contribution in [0.25, 0.3) is 0 Å². The molecule has 0 unspecified atom stereocenters. The minimum absolute atomic E-state index is 0.119. The maximum Gasteiger partial charge on any atom is 0.223 e. The molecule has 0 aliphatic heterocycles. The summed E-state index contributed by atoms with van der Waals surface area (Å²) in [6.07, 6.45) is 8.55. The summed E-state index contributed by atoms with van der Waals surface area (Å²) in [5.41, 5.74) is 1.18. The van der Waals surface area contributed by atoms with Gasteiger partial charge in [-0.05, 0) is 25.7 Å². The van der Waals surface area contributed by atoms with Crippen molar-refractivity contribution in [1.29, 1.82) is 0 Å². The zero-order valence-electron chi connectivity index (χ0n) is 8.25. The molecular weight excluding hydrogens is 162 g/mol. The van der Waals surface area contributed by atoms with Crippen LogP contribution in [0.1, 0.15) is 32.6 Å². The molecule has 0 aromatic carbocycles. The molecular formula is C11H17NO. The second-order valence-electron chi connectivity index (χ2n) is 3.36. The van der Waals surface area contributed by atoms with Gasteiger partial charge in [-0.25, -0.2) is 0 Å². The molecule has 2 heteroatoms. The van der Waals surface area contributed by atoms with Gasteiger partial charge in [0, 0.05) is 19.2 Å². The molecule has 0 saturated carbocycles. The predicted molar refractivity (Wildman–Crippen MR) is 54.1 cm³/mol. The Morgan fingerprint density at radius 2 is 2.46 bits per heavy atom. The molecule has 0 fully saturated rings. The fourth-order valence-electron chi connectivity index (χ4n) is 1.64. The van der Waals surface area contributed by atoms with Crippen LogP contribution in [0.4, 0.5) is 0 Å². The van der Waals surface area contributed by atoms with Gasteiger partial charge < -0.3 is 4.90 Å². The van der Waals surface area contributed by atoms with Gasteiger partial charge in [-0.3, -0.25) is 4.79 Å². The first kappa shape index (κ1) is 10.0. The van der Waals surface area contributed by atoms with Crippen LogP contribution in [0, 0.1) is 0 Å². The molecule has 0 radical (unpaired) electrons. The van der Waals surface area contributed by atoms with Crippen molar-refractivity contribution in [2.24, 2.45) is 0 Å². The monoisotopic (exact) mass is 179 g/mol. The zero-order chi connectivity index (χ0) is 9.68. The summed E-state index contributed by atoms with van der Waals surface area (Å²) in [5, 5.41) is 0. The Morgan fingerprint density at radius 1 is 1.69 bits per heavy atom. The Hall–Kier alpha value is -1.05. The van der Waals surface area contributed by atoms with E-state index in [0.29, 0.717) is 6.54 Å². The van der Waals surface area contributed by atoms with Gasteiger partial charge in [0.15, 0.2) is 0 Å². The van der Waals surface area contributed by atoms with Crippen molar-refractivity contribution in [1.82, 2.24) is 4.90 Å². The topological polar surface area (TPSA) is 20.3 Å². The highest BCUT2D eigenvalue weighted by Crippen LogP contribution is 2.20. The maximum absolute atomic E-state index is 11.3. The molecule has 0 aromatic rings. The Bertz CT molecular complexity index is 230. The Morgan fingerprint density at radius 3 is 2.92 bits per heavy atom. The molecule has 0 saturated heterocycles. The van der Waals surface area contributed by atoms with Gasteiger partial charge in [0.1, 0.15) is 0 Å². The lowest BCUT2D eigenvalue weighted by Crippen LogP contribution is -2.28. The maximum atomic E-state index is 11.3. The highest BCUT2D eigenvalue weighted by atomic mass is 16.2. The largest absolute Gasteiger partial charge is 0.313 e. The quantitative estimate of drug-likeness (QED) is 0.609. The standard InChI is InChI=1S/C11H17NO/c1-3-9-12(10(2)13)11-7-5-4-6-8-11/h3,7H,1,4-6,8-9H2,2H3. The number of hydrogen-bond donors (Lipinski definition) is 0. The van der Waals surface area contributed by atoms with E-state index in [1.54, 1.807) is 13.0 Å². The fraction of sp³-hybridized carbons (Fsp3) is 0.545. The van der Waals surface area contributed by atoms with E-state index in [0.717, 1.165) is 12.8 Å². The first-order chi connectivity index (χ1) is 6.25. The molecule has 13 heavy (non-hydrogen) atoms. The molecule has 0 bridgehead atoms. The average molecular weight is 179 g/mol. The van der Waals surface area contributed by atoms with E-state index < -0.39 is 0 Å². The molecule has 72 valence electrons. The van der Waals surface area contributed by atoms with E-state index in [1.807, 2.05) is 4.90 Å². The third-order valence-corrected chi connectivity index (χ3v) is 2.31. The zero-order valence-corrected chi connectivity index (χ0v) is 8.25. The van der Waals surface area contributed by atoms with Crippen molar-refractivity contribution in [3.8, 4) is 0 Å². The van der Waals surface area contributed by atoms with Crippen molar-refractivity contribution < 1.29 is 4.79 Å². The predicted octanol–water partition coefficient (Wildman–Crippen LogP) is 2.48. The average Bonchev–Trinajstić information content (AvgIpc) is 2.15. The van der Waals surface area contributed by atoms with Crippen LogP contribution in [-0.4, -0.2) is 17.4 Å². The summed E-state index contributed by atoms with van der Waals surface area (Å²) in [5.74, 6) is 0.119. The Labute approximate surface area is 79.9 Å². The number of carbonyl (C=O) groups excluding carboxylic acids is 1. The minimum Gasteiger partial charge on any atom is -0.313 e. The highest BCUT2D eigenvalue weighted by Gasteiger charge is 2.13. The van der Waals surface area contributed by atoms with Gasteiger partial charge in [0.2, 0.25) is 5.91 Å². The summed E-state index contributed by atoms with van der Waals surface area (Å²) >= 11 is 0. The highest BCUT2D eigenvalue weighted by molar-refractivity contribution is 5.75. The fourth-order valence-corrected chi connectivity index (χ4v) is 1.64. The van der Waals surface area contributed by atoms with Crippen molar-refractivity contribution in [2.45, 2.75) is 32.6 Å². The molecule has 0 aromatic heterocycles. The lowest BCUT2D eigenvalue weighted by atomic mass is 10.0. The molecule has 0 heterocycles. The van der Waals surface area contributed by atoms with E-state index in [4.69, 9.17) is 0 Å². The summed E-state index contributed by atoms with van der Waals surface area (Å²) in [6, 6.07) is 0. The third kappa shape index (κ3) is 2.72. The third-order valence-electron chi connectivity index (χ3n) is 2.31. The Kier molecular flexibility index (Phi) is 3.74. The smallest absolute Gasteiger partial charge is 0.223 e. The van der Waals surface area contributed by atoms with Crippen LogP contribution in [-0.2, 0) is 4.79 Å². The minimum atomic E-state index is 0.119. The lowest BCUT2D eigenvalue weighted by molar-refractivity contribution is -0.126. The Balaban J connectivity index is 2.67. The van der Waals surface area contributed by atoms with Gasteiger partial charge in [-0.2, -0.15) is 0 Å². The van der Waals surface area contributed by atoms with Gasteiger partial charge in [0.25, 0.3) is 0 Å². The lowest BCUT2D eigenvalue weighted by Gasteiger charge is -2.25. The summed E-state index contributed by atoms with van der Waals surface area (Å²) in [7, 11) is 0. The first-order valence-electron chi connectivity index (χ1n) is 4.83. The molecule has 2 nitrogen and oxygen atoms in total. The van der Waals surface area contributed by atoms with E-state index in [2.05, 4.69) is 12.7 Å². The molecule has 1 rings (SSSR count). The van der Waals surface area contributed by atoms with Gasteiger partial charge in [-0.1, -0.05) is 12.2 Å². The van der Waals surface area contributed by atoms with Crippen molar-refractivity contribution in [3.63, 3.8) is 0 Å². The van der Waals surface area contributed by atoms with Crippen LogP contribution in [0.3, 0.4) is 0 Å². The van der Waals surface area contributed by atoms with E-state index >= 15 is 0 Å². The van der Waals surface area contributed by atoms with Crippen LogP contribution < -0.4 is 0 Å². The van der Waals surface area contributed by atoms with Crippen LogP contribution in [0.2, 0.25) is 0 Å². The van der Waals surface area contributed by atoms with Gasteiger partial charge in [0.05, 0.1) is 0 Å². The molecule has 1 aliphatic rings. The van der Waals surface area contributed by atoms with E-state index in [9.17, 15) is 4.79 Å². The van der Waals surface area contributed by atoms with Crippen LogP contribution in [0.15, 0.2) is 24.4 Å². The second kappa shape index (κ2) is 4.85. The van der Waals surface area contributed by atoms with Crippen LogP contribution >= 0.6 is 0 Å². The van der Waals surface area contributed by atoms with Crippen molar-refractivity contribution >= 4 is 5.91 Å². The van der Waals surface area contributed by atoms with E-state index in [-0.39, 0.29) is 5.91 Å². The number of hydrogen-bond acceptors (Lipinski definition) is 1. The van der Waals surface area contributed by atoms with Gasteiger partial charge in [-0.15, -0.1) is 6.58 Å². The molecule has 0 spiro atoms. The summed E-state index contributed by atoms with van der Waals surface area (Å²) < 4.78 is 0. The second-order valence-corrected chi connectivity index (χ2v) is 3.36. The number of nitrogens with zero attached hydrogens (tertiary/aromatic N) is 1. The number of amides is 1.